The number of benzene rings is 1. The van der Waals surface area contributed by atoms with Gasteiger partial charge in [0.25, 0.3) is 0 Å². The summed E-state index contributed by atoms with van der Waals surface area (Å²) in [4.78, 5) is 12.1. The molecule has 0 radical (unpaired) electrons. The number of hydrogen-bond donors (Lipinski definition) is 2. The molecule has 0 aromatic heterocycles. The van der Waals surface area contributed by atoms with E-state index in [1.165, 1.54) is 11.1 Å². The Morgan fingerprint density at radius 3 is 2.48 bits per heavy atom. The molecule has 21 heavy (non-hydrogen) atoms. The van der Waals surface area contributed by atoms with Crippen LogP contribution in [0.2, 0.25) is 0 Å². The van der Waals surface area contributed by atoms with Crippen LogP contribution in [0.25, 0.3) is 0 Å². The first-order chi connectivity index (χ1) is 10.0. The van der Waals surface area contributed by atoms with E-state index in [2.05, 4.69) is 43.4 Å². The number of carbonyl (C=O) groups excluding carboxylic acids is 1. The summed E-state index contributed by atoms with van der Waals surface area (Å²) < 4.78 is 0. The van der Waals surface area contributed by atoms with Crippen molar-refractivity contribution in [3.05, 3.63) is 35.4 Å². The smallest absolute Gasteiger partial charge is 0.223 e. The number of carbonyl (C=O) groups is 1. The van der Waals surface area contributed by atoms with Gasteiger partial charge in [0.05, 0.1) is 12.0 Å². The van der Waals surface area contributed by atoms with Crippen LogP contribution in [0.4, 0.5) is 0 Å². The average Bonchev–Trinajstić information content (AvgIpc) is 2.86. The van der Waals surface area contributed by atoms with Gasteiger partial charge in [-0.3, -0.25) is 4.79 Å². The Kier molecular flexibility index (Phi) is 5.40. The quantitative estimate of drug-likeness (QED) is 0.845. The highest BCUT2D eigenvalue weighted by molar-refractivity contribution is 5.77. The minimum absolute atomic E-state index is 0.0154. The first-order valence-corrected chi connectivity index (χ1v) is 8.08. The summed E-state index contributed by atoms with van der Waals surface area (Å²) in [7, 11) is 0. The van der Waals surface area contributed by atoms with Gasteiger partial charge in [0.1, 0.15) is 0 Å². The molecule has 2 N–H and O–H groups in total. The molecule has 0 heterocycles. The van der Waals surface area contributed by atoms with Crippen LogP contribution in [0.5, 0.6) is 0 Å². The Hall–Kier alpha value is -1.35. The van der Waals surface area contributed by atoms with Crippen molar-refractivity contribution in [3.63, 3.8) is 0 Å². The van der Waals surface area contributed by atoms with Gasteiger partial charge in [-0.05, 0) is 38.2 Å². The van der Waals surface area contributed by atoms with Gasteiger partial charge in [0, 0.05) is 6.04 Å². The second kappa shape index (κ2) is 7.08. The van der Waals surface area contributed by atoms with E-state index < -0.39 is 5.60 Å². The van der Waals surface area contributed by atoms with Crippen molar-refractivity contribution in [3.8, 4) is 0 Å². The maximum atomic E-state index is 12.1. The van der Waals surface area contributed by atoms with Gasteiger partial charge in [0.2, 0.25) is 5.91 Å². The summed E-state index contributed by atoms with van der Waals surface area (Å²) in [6.45, 7) is 4.16. The molecule has 0 bridgehead atoms. The summed E-state index contributed by atoms with van der Waals surface area (Å²) in [6.07, 6.45) is 5.58. The number of amides is 1. The Morgan fingerprint density at radius 1 is 1.29 bits per heavy atom. The molecule has 116 valence electrons. The van der Waals surface area contributed by atoms with E-state index in [0.29, 0.717) is 0 Å². The second-order valence-electron chi connectivity index (χ2n) is 6.47. The topological polar surface area (TPSA) is 49.3 Å². The van der Waals surface area contributed by atoms with Gasteiger partial charge in [-0.15, -0.1) is 0 Å². The fraction of sp³-hybridized carbons (Fsp3) is 0.611. The Bertz CT molecular complexity index is 461. The zero-order valence-corrected chi connectivity index (χ0v) is 13.2. The molecule has 1 aromatic rings. The molecule has 1 aliphatic carbocycles. The Morgan fingerprint density at radius 2 is 1.90 bits per heavy atom. The lowest BCUT2D eigenvalue weighted by Crippen LogP contribution is -2.40. The standard InChI is InChI=1S/C18H27NO2/c1-3-16(12-15-8-6-14(2)7-9-15)19-17(20)13-18(21)10-4-5-11-18/h6-9,16,21H,3-5,10-13H2,1-2H3,(H,19,20). The molecule has 1 fully saturated rings. The van der Waals surface area contributed by atoms with Gasteiger partial charge in [-0.2, -0.15) is 0 Å². The van der Waals surface area contributed by atoms with Crippen LogP contribution < -0.4 is 5.32 Å². The lowest BCUT2D eigenvalue weighted by Gasteiger charge is -2.24. The molecule has 1 amide bonds. The number of aliphatic hydroxyl groups is 1. The van der Waals surface area contributed by atoms with Crippen LogP contribution in [0.3, 0.4) is 0 Å². The van der Waals surface area contributed by atoms with Gasteiger partial charge in [0.15, 0.2) is 0 Å². The van der Waals surface area contributed by atoms with Crippen molar-refractivity contribution in [2.45, 2.75) is 70.4 Å². The molecule has 0 aliphatic heterocycles. The van der Waals surface area contributed by atoms with Gasteiger partial charge < -0.3 is 10.4 Å². The lowest BCUT2D eigenvalue weighted by atomic mass is 9.96. The molecule has 0 spiro atoms. The summed E-state index contributed by atoms with van der Waals surface area (Å²) in [5.41, 5.74) is 1.73. The van der Waals surface area contributed by atoms with Crippen LogP contribution >= 0.6 is 0 Å². The average molecular weight is 289 g/mol. The predicted octanol–water partition coefficient (Wildman–Crippen LogP) is 3.13. The van der Waals surface area contributed by atoms with Crippen LogP contribution in [0, 0.1) is 6.92 Å². The molecule has 3 nitrogen and oxygen atoms in total. The molecule has 1 aliphatic rings. The van der Waals surface area contributed by atoms with Crippen LogP contribution in [0.15, 0.2) is 24.3 Å². The Labute approximate surface area is 127 Å². The molecule has 0 saturated heterocycles. The first kappa shape index (κ1) is 16.0. The fourth-order valence-corrected chi connectivity index (χ4v) is 3.09. The number of hydrogen-bond acceptors (Lipinski definition) is 2. The van der Waals surface area contributed by atoms with Crippen LogP contribution in [-0.2, 0) is 11.2 Å². The van der Waals surface area contributed by atoms with Gasteiger partial charge in [-0.25, -0.2) is 0 Å². The number of aryl methyl sites for hydroxylation is 1. The van der Waals surface area contributed by atoms with Gasteiger partial charge >= 0.3 is 0 Å². The largest absolute Gasteiger partial charge is 0.389 e. The van der Waals surface area contributed by atoms with Gasteiger partial charge in [-0.1, -0.05) is 49.6 Å². The van der Waals surface area contributed by atoms with Crippen LogP contribution in [-0.4, -0.2) is 22.7 Å². The molecule has 2 rings (SSSR count). The summed E-state index contributed by atoms with van der Waals surface area (Å²) in [6, 6.07) is 8.59. The van der Waals surface area contributed by atoms with Crippen molar-refractivity contribution in [2.75, 3.05) is 0 Å². The van der Waals surface area contributed by atoms with Crippen molar-refractivity contribution in [1.29, 1.82) is 0 Å². The molecule has 1 atom stereocenters. The predicted molar refractivity (Wildman–Crippen MR) is 85.1 cm³/mol. The third-order valence-electron chi connectivity index (χ3n) is 4.48. The molecule has 1 saturated carbocycles. The van der Waals surface area contributed by atoms with Crippen molar-refractivity contribution < 1.29 is 9.90 Å². The van der Waals surface area contributed by atoms with E-state index in [1.807, 2.05) is 0 Å². The number of rotatable bonds is 6. The van der Waals surface area contributed by atoms with E-state index in [0.717, 1.165) is 38.5 Å². The molecular weight excluding hydrogens is 262 g/mol. The summed E-state index contributed by atoms with van der Waals surface area (Å²) >= 11 is 0. The summed E-state index contributed by atoms with van der Waals surface area (Å²) in [5, 5.41) is 13.4. The highest BCUT2D eigenvalue weighted by Gasteiger charge is 2.33. The second-order valence-corrected chi connectivity index (χ2v) is 6.47. The normalized spacial score (nSPS) is 18.4. The zero-order valence-electron chi connectivity index (χ0n) is 13.2. The third kappa shape index (κ3) is 4.85. The highest BCUT2D eigenvalue weighted by Crippen LogP contribution is 2.32. The van der Waals surface area contributed by atoms with Crippen molar-refractivity contribution in [2.24, 2.45) is 0 Å². The Balaban J connectivity index is 1.86. The van der Waals surface area contributed by atoms with Crippen molar-refractivity contribution >= 4 is 5.91 Å². The monoisotopic (exact) mass is 289 g/mol. The maximum absolute atomic E-state index is 12.1. The molecular formula is C18H27NO2. The lowest BCUT2D eigenvalue weighted by molar-refractivity contribution is -0.126. The van der Waals surface area contributed by atoms with E-state index in [4.69, 9.17) is 0 Å². The molecule has 3 heteroatoms. The van der Waals surface area contributed by atoms with Crippen molar-refractivity contribution in [1.82, 2.24) is 5.32 Å². The fourth-order valence-electron chi connectivity index (χ4n) is 3.09. The molecule has 1 unspecified atom stereocenters. The minimum Gasteiger partial charge on any atom is -0.389 e. The zero-order chi connectivity index (χ0) is 15.3. The van der Waals surface area contributed by atoms with E-state index in [9.17, 15) is 9.90 Å². The maximum Gasteiger partial charge on any atom is 0.223 e. The van der Waals surface area contributed by atoms with E-state index >= 15 is 0 Å². The van der Waals surface area contributed by atoms with E-state index in [1.54, 1.807) is 0 Å². The minimum atomic E-state index is -0.758. The highest BCUT2D eigenvalue weighted by atomic mass is 16.3. The molecule has 1 aromatic carbocycles. The third-order valence-corrected chi connectivity index (χ3v) is 4.48. The SMILES string of the molecule is CCC(Cc1ccc(C)cc1)NC(=O)CC1(O)CCCC1. The summed E-state index contributed by atoms with van der Waals surface area (Å²) in [5.74, 6) is -0.0154. The van der Waals surface area contributed by atoms with Crippen LogP contribution in [0.1, 0.15) is 56.6 Å². The van der Waals surface area contributed by atoms with E-state index in [-0.39, 0.29) is 18.4 Å². The first-order valence-electron chi connectivity index (χ1n) is 8.08. The number of nitrogens with one attached hydrogen (secondary N) is 1.